The van der Waals surface area contributed by atoms with Crippen LogP contribution in [0.1, 0.15) is 36.2 Å². The fourth-order valence-electron chi connectivity index (χ4n) is 2.53. The molecule has 1 aromatic carbocycles. The number of benzene rings is 1. The lowest BCUT2D eigenvalue weighted by Gasteiger charge is -2.19. The Morgan fingerprint density at radius 2 is 1.73 bits per heavy atom. The molecular formula is C20H26N4O2. The summed E-state index contributed by atoms with van der Waals surface area (Å²) < 4.78 is 0. The number of nitrogens with zero attached hydrogens (tertiary/aromatic N) is 2. The van der Waals surface area contributed by atoms with E-state index in [1.807, 2.05) is 18.2 Å². The number of hydrogen-bond acceptors (Lipinski definition) is 4. The number of aromatic nitrogens is 1. The standard InChI is InChI=1S/C20H26N4O2/c1-3-24(4-2)18-11-10-16(14-22-18)15-23-19(25)12-13-21-20(26)17-8-6-5-7-9-17/h5-11,14H,3-4,12-13,15H2,1-2H3,(H,21,26)(H,23,25). The van der Waals surface area contributed by atoms with Crippen LogP contribution in [0.4, 0.5) is 5.82 Å². The second-order valence-corrected chi connectivity index (χ2v) is 5.85. The van der Waals surface area contributed by atoms with E-state index >= 15 is 0 Å². The molecule has 0 saturated carbocycles. The van der Waals surface area contributed by atoms with Gasteiger partial charge in [0.1, 0.15) is 5.82 Å². The summed E-state index contributed by atoms with van der Waals surface area (Å²) in [4.78, 5) is 30.4. The molecule has 0 aliphatic carbocycles. The van der Waals surface area contributed by atoms with E-state index in [2.05, 4.69) is 34.4 Å². The van der Waals surface area contributed by atoms with Crippen LogP contribution in [0, 0.1) is 0 Å². The van der Waals surface area contributed by atoms with Crippen LogP contribution in [-0.2, 0) is 11.3 Å². The largest absolute Gasteiger partial charge is 0.357 e. The van der Waals surface area contributed by atoms with Crippen molar-refractivity contribution >= 4 is 17.6 Å². The second kappa shape index (κ2) is 10.2. The van der Waals surface area contributed by atoms with E-state index in [1.165, 1.54) is 0 Å². The molecule has 2 aromatic rings. The molecule has 0 saturated heterocycles. The Labute approximate surface area is 154 Å². The van der Waals surface area contributed by atoms with Crippen LogP contribution in [0.3, 0.4) is 0 Å². The summed E-state index contributed by atoms with van der Waals surface area (Å²) in [6.07, 6.45) is 2.02. The van der Waals surface area contributed by atoms with Crippen LogP contribution >= 0.6 is 0 Å². The van der Waals surface area contributed by atoms with Crippen molar-refractivity contribution in [2.24, 2.45) is 0 Å². The first kappa shape index (κ1) is 19.4. The number of pyridine rings is 1. The van der Waals surface area contributed by atoms with Crippen LogP contribution in [0.25, 0.3) is 0 Å². The monoisotopic (exact) mass is 354 g/mol. The molecule has 26 heavy (non-hydrogen) atoms. The Bertz CT molecular complexity index is 698. The third kappa shape index (κ3) is 5.88. The maximum Gasteiger partial charge on any atom is 0.251 e. The smallest absolute Gasteiger partial charge is 0.251 e. The zero-order valence-electron chi connectivity index (χ0n) is 15.4. The van der Waals surface area contributed by atoms with Crippen molar-refractivity contribution in [3.63, 3.8) is 0 Å². The van der Waals surface area contributed by atoms with Crippen LogP contribution in [0.5, 0.6) is 0 Å². The van der Waals surface area contributed by atoms with E-state index in [-0.39, 0.29) is 18.2 Å². The fraction of sp³-hybridized carbons (Fsp3) is 0.350. The predicted molar refractivity (Wildman–Crippen MR) is 103 cm³/mol. The molecule has 2 N–H and O–H groups in total. The molecule has 6 heteroatoms. The minimum Gasteiger partial charge on any atom is -0.357 e. The number of anilines is 1. The average molecular weight is 354 g/mol. The van der Waals surface area contributed by atoms with E-state index in [0.29, 0.717) is 18.7 Å². The zero-order valence-corrected chi connectivity index (χ0v) is 15.4. The van der Waals surface area contributed by atoms with Gasteiger partial charge >= 0.3 is 0 Å². The average Bonchev–Trinajstić information content (AvgIpc) is 2.69. The molecule has 0 unspecified atom stereocenters. The quantitative estimate of drug-likeness (QED) is 0.725. The minimum absolute atomic E-state index is 0.105. The summed E-state index contributed by atoms with van der Waals surface area (Å²) in [5, 5.41) is 5.59. The number of rotatable bonds is 9. The van der Waals surface area contributed by atoms with E-state index in [9.17, 15) is 9.59 Å². The van der Waals surface area contributed by atoms with Crippen molar-refractivity contribution < 1.29 is 9.59 Å². The van der Waals surface area contributed by atoms with Crippen molar-refractivity contribution in [2.75, 3.05) is 24.5 Å². The molecule has 138 valence electrons. The van der Waals surface area contributed by atoms with E-state index in [4.69, 9.17) is 0 Å². The van der Waals surface area contributed by atoms with Crippen molar-refractivity contribution in [3.05, 3.63) is 59.8 Å². The summed E-state index contributed by atoms with van der Waals surface area (Å²) in [7, 11) is 0. The predicted octanol–water partition coefficient (Wildman–Crippen LogP) is 2.36. The molecule has 2 rings (SSSR count). The molecule has 0 bridgehead atoms. The first-order valence-electron chi connectivity index (χ1n) is 8.93. The van der Waals surface area contributed by atoms with Crippen molar-refractivity contribution in [2.45, 2.75) is 26.8 Å². The van der Waals surface area contributed by atoms with E-state index in [1.54, 1.807) is 30.5 Å². The highest BCUT2D eigenvalue weighted by Crippen LogP contribution is 2.10. The summed E-state index contributed by atoms with van der Waals surface area (Å²) in [5.74, 6) is 0.662. The summed E-state index contributed by atoms with van der Waals surface area (Å²) in [6, 6.07) is 12.9. The lowest BCUT2D eigenvalue weighted by atomic mass is 10.2. The molecule has 0 aliphatic rings. The number of carbonyl (C=O) groups is 2. The Morgan fingerprint density at radius 3 is 2.35 bits per heavy atom. The Balaban J connectivity index is 1.71. The van der Waals surface area contributed by atoms with Gasteiger partial charge in [-0.2, -0.15) is 0 Å². The number of amides is 2. The number of carbonyl (C=O) groups excluding carboxylic acids is 2. The van der Waals surface area contributed by atoms with Gasteiger partial charge in [-0.1, -0.05) is 24.3 Å². The normalized spacial score (nSPS) is 10.2. The Morgan fingerprint density at radius 1 is 1.00 bits per heavy atom. The molecule has 1 heterocycles. The van der Waals surface area contributed by atoms with Crippen LogP contribution in [-0.4, -0.2) is 36.4 Å². The fourth-order valence-corrected chi connectivity index (χ4v) is 2.53. The molecule has 6 nitrogen and oxygen atoms in total. The first-order valence-corrected chi connectivity index (χ1v) is 8.93. The summed E-state index contributed by atoms with van der Waals surface area (Å²) in [5.41, 5.74) is 1.54. The first-order chi connectivity index (χ1) is 12.6. The Kier molecular flexibility index (Phi) is 7.61. The summed E-state index contributed by atoms with van der Waals surface area (Å²) in [6.45, 7) is 6.74. The van der Waals surface area contributed by atoms with Gasteiger partial charge in [-0.05, 0) is 37.6 Å². The molecule has 2 amide bonds. The Hall–Kier alpha value is -2.89. The van der Waals surface area contributed by atoms with Crippen LogP contribution in [0.15, 0.2) is 48.7 Å². The number of nitrogens with one attached hydrogen (secondary N) is 2. The second-order valence-electron chi connectivity index (χ2n) is 5.85. The van der Waals surface area contributed by atoms with Crippen LogP contribution < -0.4 is 15.5 Å². The van der Waals surface area contributed by atoms with Gasteiger partial charge in [0, 0.05) is 44.4 Å². The molecule has 0 radical (unpaired) electrons. The zero-order chi connectivity index (χ0) is 18.8. The van der Waals surface area contributed by atoms with Gasteiger partial charge in [-0.3, -0.25) is 9.59 Å². The maximum atomic E-state index is 11.9. The lowest BCUT2D eigenvalue weighted by Crippen LogP contribution is -2.30. The molecule has 0 aliphatic heterocycles. The third-order valence-electron chi connectivity index (χ3n) is 4.06. The van der Waals surface area contributed by atoms with Gasteiger partial charge in [-0.25, -0.2) is 4.98 Å². The van der Waals surface area contributed by atoms with Gasteiger partial charge in [0.15, 0.2) is 0 Å². The minimum atomic E-state index is -0.172. The van der Waals surface area contributed by atoms with Crippen LogP contribution in [0.2, 0.25) is 0 Å². The van der Waals surface area contributed by atoms with Gasteiger partial charge in [-0.15, -0.1) is 0 Å². The van der Waals surface area contributed by atoms with Crippen molar-refractivity contribution in [1.82, 2.24) is 15.6 Å². The van der Waals surface area contributed by atoms with E-state index in [0.717, 1.165) is 24.5 Å². The van der Waals surface area contributed by atoms with Gasteiger partial charge in [0.25, 0.3) is 5.91 Å². The maximum absolute atomic E-state index is 11.9. The lowest BCUT2D eigenvalue weighted by molar-refractivity contribution is -0.121. The summed E-state index contributed by atoms with van der Waals surface area (Å²) >= 11 is 0. The van der Waals surface area contributed by atoms with Gasteiger partial charge in [0.05, 0.1) is 0 Å². The van der Waals surface area contributed by atoms with Gasteiger partial charge in [0.2, 0.25) is 5.91 Å². The van der Waals surface area contributed by atoms with Gasteiger partial charge < -0.3 is 15.5 Å². The molecular weight excluding hydrogens is 328 g/mol. The van der Waals surface area contributed by atoms with E-state index < -0.39 is 0 Å². The molecule has 1 aromatic heterocycles. The topological polar surface area (TPSA) is 74.3 Å². The third-order valence-corrected chi connectivity index (χ3v) is 4.06. The highest BCUT2D eigenvalue weighted by molar-refractivity contribution is 5.94. The highest BCUT2D eigenvalue weighted by atomic mass is 16.2. The molecule has 0 spiro atoms. The number of hydrogen-bond donors (Lipinski definition) is 2. The van der Waals surface area contributed by atoms with Crippen molar-refractivity contribution in [3.8, 4) is 0 Å². The SMILES string of the molecule is CCN(CC)c1ccc(CNC(=O)CCNC(=O)c2ccccc2)cn1. The molecule has 0 fully saturated rings. The van der Waals surface area contributed by atoms with Crippen molar-refractivity contribution in [1.29, 1.82) is 0 Å². The molecule has 0 atom stereocenters. The highest BCUT2D eigenvalue weighted by Gasteiger charge is 2.07.